The molecule has 0 unspecified atom stereocenters. The molecule has 0 spiro atoms. The molecule has 0 aliphatic rings. The van der Waals surface area contributed by atoms with Crippen LogP contribution in [0.15, 0.2) is 42.6 Å². The molecule has 80 valence electrons. The van der Waals surface area contributed by atoms with Gasteiger partial charge in [-0.25, -0.2) is 0 Å². The van der Waals surface area contributed by atoms with Crippen LogP contribution in [0.2, 0.25) is 5.02 Å². The SMILES string of the molecule is Cc1cccc(C(=O)c2ccc(Cl)cn2)c1. The molecule has 0 saturated heterocycles. The minimum atomic E-state index is -0.0830. The molecule has 2 aromatic rings. The molecule has 0 aliphatic heterocycles. The number of pyridine rings is 1. The number of halogens is 1. The van der Waals surface area contributed by atoms with E-state index in [4.69, 9.17) is 11.6 Å². The largest absolute Gasteiger partial charge is 0.287 e. The fourth-order valence-corrected chi connectivity index (χ4v) is 1.56. The van der Waals surface area contributed by atoms with Crippen molar-refractivity contribution in [1.29, 1.82) is 0 Å². The summed E-state index contributed by atoms with van der Waals surface area (Å²) in [6.07, 6.45) is 1.48. The Morgan fingerprint density at radius 2 is 2.06 bits per heavy atom. The summed E-state index contributed by atoms with van der Waals surface area (Å²) in [6, 6.07) is 10.7. The van der Waals surface area contributed by atoms with Crippen molar-refractivity contribution < 1.29 is 4.79 Å². The summed E-state index contributed by atoms with van der Waals surface area (Å²) in [5.41, 5.74) is 2.12. The van der Waals surface area contributed by atoms with Gasteiger partial charge in [-0.15, -0.1) is 0 Å². The van der Waals surface area contributed by atoms with Gasteiger partial charge in [-0.1, -0.05) is 35.4 Å². The number of benzene rings is 1. The van der Waals surface area contributed by atoms with Crippen LogP contribution in [0.5, 0.6) is 0 Å². The Kier molecular flexibility index (Phi) is 3.02. The number of hydrogen-bond acceptors (Lipinski definition) is 2. The summed E-state index contributed by atoms with van der Waals surface area (Å²) < 4.78 is 0. The molecule has 0 atom stereocenters. The molecule has 0 amide bonds. The molecule has 2 rings (SSSR count). The van der Waals surface area contributed by atoms with Gasteiger partial charge in [0.05, 0.1) is 5.02 Å². The van der Waals surface area contributed by atoms with Crippen LogP contribution in [-0.2, 0) is 0 Å². The van der Waals surface area contributed by atoms with Crippen molar-refractivity contribution in [1.82, 2.24) is 4.98 Å². The van der Waals surface area contributed by atoms with Gasteiger partial charge < -0.3 is 0 Å². The first-order valence-electron chi connectivity index (χ1n) is 4.90. The molecule has 0 N–H and O–H groups in total. The van der Waals surface area contributed by atoms with Crippen LogP contribution in [0.3, 0.4) is 0 Å². The second kappa shape index (κ2) is 4.45. The van der Waals surface area contributed by atoms with Crippen molar-refractivity contribution in [2.75, 3.05) is 0 Å². The lowest BCUT2D eigenvalue weighted by Crippen LogP contribution is -2.03. The third-order valence-electron chi connectivity index (χ3n) is 2.24. The van der Waals surface area contributed by atoms with E-state index in [0.717, 1.165) is 5.56 Å². The van der Waals surface area contributed by atoms with Gasteiger partial charge in [0, 0.05) is 11.8 Å². The fraction of sp³-hybridized carbons (Fsp3) is 0.0769. The molecule has 3 heteroatoms. The number of nitrogens with zero attached hydrogens (tertiary/aromatic N) is 1. The highest BCUT2D eigenvalue weighted by atomic mass is 35.5. The second-order valence-corrected chi connectivity index (χ2v) is 4.00. The summed E-state index contributed by atoms with van der Waals surface area (Å²) in [6.45, 7) is 1.95. The number of ketones is 1. The van der Waals surface area contributed by atoms with E-state index in [1.165, 1.54) is 6.20 Å². The highest BCUT2D eigenvalue weighted by Crippen LogP contribution is 2.12. The lowest BCUT2D eigenvalue weighted by Gasteiger charge is -2.01. The molecule has 2 nitrogen and oxygen atoms in total. The summed E-state index contributed by atoms with van der Waals surface area (Å²) >= 11 is 5.71. The smallest absolute Gasteiger partial charge is 0.211 e. The Bertz CT molecular complexity index is 520. The van der Waals surface area contributed by atoms with Crippen LogP contribution in [0.1, 0.15) is 21.6 Å². The Morgan fingerprint density at radius 3 is 2.69 bits per heavy atom. The monoisotopic (exact) mass is 231 g/mol. The van der Waals surface area contributed by atoms with Gasteiger partial charge >= 0.3 is 0 Å². The topological polar surface area (TPSA) is 30.0 Å². The molecule has 0 bridgehead atoms. The predicted molar refractivity (Wildman–Crippen MR) is 63.9 cm³/mol. The van der Waals surface area contributed by atoms with E-state index in [1.54, 1.807) is 18.2 Å². The third kappa shape index (κ3) is 2.28. The van der Waals surface area contributed by atoms with E-state index in [2.05, 4.69) is 4.98 Å². The van der Waals surface area contributed by atoms with Crippen LogP contribution in [0, 0.1) is 6.92 Å². The minimum absolute atomic E-state index is 0.0830. The fourth-order valence-electron chi connectivity index (χ4n) is 1.44. The Balaban J connectivity index is 2.35. The van der Waals surface area contributed by atoms with Crippen LogP contribution in [0.4, 0.5) is 0 Å². The molecule has 16 heavy (non-hydrogen) atoms. The number of carbonyl (C=O) groups excluding carboxylic acids is 1. The second-order valence-electron chi connectivity index (χ2n) is 3.56. The average Bonchev–Trinajstić information content (AvgIpc) is 2.29. The zero-order chi connectivity index (χ0) is 11.5. The third-order valence-corrected chi connectivity index (χ3v) is 2.46. The van der Waals surface area contributed by atoms with Crippen molar-refractivity contribution in [3.63, 3.8) is 0 Å². The first kappa shape index (κ1) is 10.8. The van der Waals surface area contributed by atoms with Crippen molar-refractivity contribution in [2.24, 2.45) is 0 Å². The number of rotatable bonds is 2. The molecule has 1 heterocycles. The summed E-state index contributed by atoms with van der Waals surface area (Å²) in [4.78, 5) is 16.0. The van der Waals surface area contributed by atoms with Gasteiger partial charge in [-0.2, -0.15) is 0 Å². The average molecular weight is 232 g/mol. The van der Waals surface area contributed by atoms with Crippen molar-refractivity contribution in [3.8, 4) is 0 Å². The van der Waals surface area contributed by atoms with Gasteiger partial charge in [0.1, 0.15) is 5.69 Å². The highest BCUT2D eigenvalue weighted by molar-refractivity contribution is 6.30. The van der Waals surface area contributed by atoms with E-state index >= 15 is 0 Å². The number of carbonyl (C=O) groups is 1. The minimum Gasteiger partial charge on any atom is -0.287 e. The van der Waals surface area contributed by atoms with E-state index in [-0.39, 0.29) is 5.78 Å². The molecular formula is C13H10ClNO. The lowest BCUT2D eigenvalue weighted by molar-refractivity contribution is 0.103. The van der Waals surface area contributed by atoms with Crippen molar-refractivity contribution in [3.05, 3.63) is 64.4 Å². The standard InChI is InChI=1S/C13H10ClNO/c1-9-3-2-4-10(7-9)13(16)12-6-5-11(14)8-15-12/h2-8H,1H3. The molecule has 0 fully saturated rings. The summed E-state index contributed by atoms with van der Waals surface area (Å²) in [5.74, 6) is -0.0830. The maximum absolute atomic E-state index is 12.0. The quantitative estimate of drug-likeness (QED) is 0.743. The van der Waals surface area contributed by atoms with Gasteiger partial charge in [0.2, 0.25) is 5.78 Å². The molecule has 0 radical (unpaired) electrons. The molecular weight excluding hydrogens is 222 g/mol. The highest BCUT2D eigenvalue weighted by Gasteiger charge is 2.09. The Hall–Kier alpha value is -1.67. The van der Waals surface area contributed by atoms with Crippen LogP contribution in [-0.4, -0.2) is 10.8 Å². The van der Waals surface area contributed by atoms with E-state index in [9.17, 15) is 4.79 Å². The first-order chi connectivity index (χ1) is 7.66. The first-order valence-corrected chi connectivity index (χ1v) is 5.27. The Labute approximate surface area is 98.9 Å². The van der Waals surface area contributed by atoms with E-state index < -0.39 is 0 Å². The normalized spacial score (nSPS) is 10.1. The predicted octanol–water partition coefficient (Wildman–Crippen LogP) is 3.27. The van der Waals surface area contributed by atoms with E-state index in [1.807, 2.05) is 25.1 Å². The molecule has 1 aromatic carbocycles. The van der Waals surface area contributed by atoms with Crippen LogP contribution < -0.4 is 0 Å². The number of hydrogen-bond donors (Lipinski definition) is 0. The molecule has 0 saturated carbocycles. The number of aromatic nitrogens is 1. The van der Waals surface area contributed by atoms with Crippen LogP contribution >= 0.6 is 11.6 Å². The maximum atomic E-state index is 12.0. The van der Waals surface area contributed by atoms with Crippen LogP contribution in [0.25, 0.3) is 0 Å². The lowest BCUT2D eigenvalue weighted by atomic mass is 10.1. The van der Waals surface area contributed by atoms with Gasteiger partial charge in [0.15, 0.2) is 0 Å². The van der Waals surface area contributed by atoms with Gasteiger partial charge in [-0.3, -0.25) is 9.78 Å². The molecule has 0 aliphatic carbocycles. The van der Waals surface area contributed by atoms with Crippen molar-refractivity contribution in [2.45, 2.75) is 6.92 Å². The molecule has 1 aromatic heterocycles. The van der Waals surface area contributed by atoms with Crippen molar-refractivity contribution >= 4 is 17.4 Å². The zero-order valence-corrected chi connectivity index (χ0v) is 9.53. The zero-order valence-electron chi connectivity index (χ0n) is 8.77. The van der Waals surface area contributed by atoms with Gasteiger partial charge in [-0.05, 0) is 25.1 Å². The maximum Gasteiger partial charge on any atom is 0.211 e. The van der Waals surface area contributed by atoms with Gasteiger partial charge in [0.25, 0.3) is 0 Å². The summed E-state index contributed by atoms with van der Waals surface area (Å²) in [7, 11) is 0. The Morgan fingerprint density at radius 1 is 1.25 bits per heavy atom. The number of aryl methyl sites for hydroxylation is 1. The summed E-state index contributed by atoms with van der Waals surface area (Å²) in [5, 5.41) is 0.529. The van der Waals surface area contributed by atoms with E-state index in [0.29, 0.717) is 16.3 Å².